The minimum atomic E-state index is -0.178. The number of rotatable bonds is 4. The van der Waals surface area contributed by atoms with Gasteiger partial charge in [0.15, 0.2) is 5.78 Å². The fourth-order valence-corrected chi connectivity index (χ4v) is 2.59. The van der Waals surface area contributed by atoms with E-state index in [1.54, 1.807) is 28.8 Å². The predicted molar refractivity (Wildman–Crippen MR) is 89.0 cm³/mol. The highest BCUT2D eigenvalue weighted by atomic mass is 16.1. The maximum Gasteiger partial charge on any atom is 0.252 e. The van der Waals surface area contributed by atoms with Gasteiger partial charge < -0.3 is 5.32 Å². The number of nitrogens with one attached hydrogen (secondary N) is 1. The van der Waals surface area contributed by atoms with Crippen LogP contribution in [0.1, 0.15) is 34.2 Å². The summed E-state index contributed by atoms with van der Waals surface area (Å²) in [7, 11) is 0. The summed E-state index contributed by atoms with van der Waals surface area (Å²) in [6, 6.07) is 6.88. The second-order valence-corrected chi connectivity index (χ2v) is 5.59. The largest absolute Gasteiger partial charge is 0.326 e. The summed E-state index contributed by atoms with van der Waals surface area (Å²) in [5.74, 6) is 0.296. The van der Waals surface area contributed by atoms with E-state index in [1.807, 2.05) is 13.8 Å². The maximum absolute atomic E-state index is 12.4. The maximum atomic E-state index is 12.4. The third-order valence-electron chi connectivity index (χ3n) is 3.88. The van der Waals surface area contributed by atoms with Gasteiger partial charge in [0.2, 0.25) is 5.91 Å². The van der Waals surface area contributed by atoms with Crippen molar-refractivity contribution in [3.63, 3.8) is 0 Å². The van der Waals surface area contributed by atoms with Gasteiger partial charge in [-0.1, -0.05) is 12.1 Å². The summed E-state index contributed by atoms with van der Waals surface area (Å²) >= 11 is 0. The number of carbonyl (C=O) groups is 2. The van der Waals surface area contributed by atoms with Crippen molar-refractivity contribution in [3.05, 3.63) is 53.1 Å². The second-order valence-electron chi connectivity index (χ2n) is 5.59. The highest BCUT2D eigenvalue weighted by Crippen LogP contribution is 2.16. The summed E-state index contributed by atoms with van der Waals surface area (Å²) in [6.45, 7) is 5.22. The van der Waals surface area contributed by atoms with Crippen LogP contribution < -0.4 is 5.32 Å². The van der Waals surface area contributed by atoms with E-state index in [0.717, 1.165) is 17.0 Å². The third kappa shape index (κ3) is 3.01. The molecule has 0 aliphatic rings. The van der Waals surface area contributed by atoms with Crippen molar-refractivity contribution in [1.82, 2.24) is 19.6 Å². The van der Waals surface area contributed by atoms with E-state index in [4.69, 9.17) is 0 Å². The van der Waals surface area contributed by atoms with Gasteiger partial charge in [0.1, 0.15) is 6.33 Å². The lowest BCUT2D eigenvalue weighted by Gasteiger charge is -2.11. The molecular formula is C17H17N5O2. The molecule has 3 aromatic rings. The molecule has 0 atom stereocenters. The number of anilines is 1. The zero-order valence-corrected chi connectivity index (χ0v) is 13.7. The number of ketones is 1. The Morgan fingerprint density at radius 2 is 2.04 bits per heavy atom. The molecule has 1 N–H and O–H groups in total. The molecule has 122 valence electrons. The molecular weight excluding hydrogens is 306 g/mol. The quantitative estimate of drug-likeness (QED) is 0.743. The van der Waals surface area contributed by atoms with Crippen LogP contribution in [0.4, 0.5) is 5.69 Å². The van der Waals surface area contributed by atoms with Crippen molar-refractivity contribution in [3.8, 4) is 0 Å². The SMILES string of the molecule is CC(=O)c1cccc(NC(=O)Cc2c(C)nc3ncnn3c2C)c1. The number of amides is 1. The van der Waals surface area contributed by atoms with Crippen molar-refractivity contribution in [2.75, 3.05) is 5.32 Å². The first-order chi connectivity index (χ1) is 11.5. The van der Waals surface area contributed by atoms with Gasteiger partial charge in [0.05, 0.1) is 6.42 Å². The minimum absolute atomic E-state index is 0.0429. The average Bonchev–Trinajstić information content (AvgIpc) is 3.00. The second kappa shape index (κ2) is 6.19. The molecule has 0 fully saturated rings. The summed E-state index contributed by atoms with van der Waals surface area (Å²) in [4.78, 5) is 32.2. The number of fused-ring (bicyclic) bond motifs is 1. The molecule has 0 spiro atoms. The van der Waals surface area contributed by atoms with Gasteiger partial charge in [0, 0.05) is 28.2 Å². The van der Waals surface area contributed by atoms with Crippen LogP contribution in [-0.2, 0) is 11.2 Å². The lowest BCUT2D eigenvalue weighted by Crippen LogP contribution is -2.18. The van der Waals surface area contributed by atoms with Crippen molar-refractivity contribution < 1.29 is 9.59 Å². The minimum Gasteiger partial charge on any atom is -0.326 e. The molecule has 1 aromatic carbocycles. The standard InChI is InChI=1S/C17H17N5O2/c1-10-15(11(2)22-17(20-10)18-9-19-22)8-16(24)21-14-6-4-5-13(7-14)12(3)23/h4-7,9H,8H2,1-3H3,(H,21,24). The van der Waals surface area contributed by atoms with Gasteiger partial charge in [-0.25, -0.2) is 9.50 Å². The van der Waals surface area contributed by atoms with E-state index in [0.29, 0.717) is 17.0 Å². The summed E-state index contributed by atoms with van der Waals surface area (Å²) in [5, 5.41) is 6.93. The molecule has 7 nitrogen and oxygen atoms in total. The van der Waals surface area contributed by atoms with E-state index >= 15 is 0 Å². The van der Waals surface area contributed by atoms with Crippen LogP contribution in [0, 0.1) is 13.8 Å². The zero-order chi connectivity index (χ0) is 17.3. The highest BCUT2D eigenvalue weighted by Gasteiger charge is 2.14. The number of benzene rings is 1. The number of hydrogen-bond donors (Lipinski definition) is 1. The molecule has 0 aliphatic heterocycles. The Morgan fingerprint density at radius 3 is 2.79 bits per heavy atom. The van der Waals surface area contributed by atoms with E-state index in [2.05, 4.69) is 20.4 Å². The Hall–Kier alpha value is -3.09. The summed E-state index contributed by atoms with van der Waals surface area (Å²) in [6.07, 6.45) is 1.61. The Balaban J connectivity index is 1.83. The highest BCUT2D eigenvalue weighted by molar-refractivity contribution is 5.97. The van der Waals surface area contributed by atoms with Crippen LogP contribution >= 0.6 is 0 Å². The fraction of sp³-hybridized carbons (Fsp3) is 0.235. The van der Waals surface area contributed by atoms with Gasteiger partial charge in [-0.3, -0.25) is 9.59 Å². The molecule has 0 bridgehead atoms. The number of aryl methyl sites for hydroxylation is 2. The topological polar surface area (TPSA) is 89.2 Å². The molecule has 3 rings (SSSR count). The molecule has 0 unspecified atom stereocenters. The Morgan fingerprint density at radius 1 is 1.25 bits per heavy atom. The fourth-order valence-electron chi connectivity index (χ4n) is 2.59. The first-order valence-electron chi connectivity index (χ1n) is 7.52. The summed E-state index contributed by atoms with van der Waals surface area (Å²) < 4.78 is 1.62. The van der Waals surface area contributed by atoms with E-state index in [1.165, 1.54) is 13.3 Å². The number of nitrogens with zero attached hydrogens (tertiary/aromatic N) is 4. The van der Waals surface area contributed by atoms with Crippen LogP contribution in [0.15, 0.2) is 30.6 Å². The first kappa shape index (κ1) is 15.8. The van der Waals surface area contributed by atoms with Crippen LogP contribution in [0.5, 0.6) is 0 Å². The van der Waals surface area contributed by atoms with Crippen LogP contribution in [0.2, 0.25) is 0 Å². The third-order valence-corrected chi connectivity index (χ3v) is 3.88. The molecule has 7 heteroatoms. The zero-order valence-electron chi connectivity index (χ0n) is 13.7. The Labute approximate surface area is 138 Å². The molecule has 2 heterocycles. The molecule has 0 radical (unpaired) electrons. The molecule has 0 aliphatic carbocycles. The Kier molecular flexibility index (Phi) is 4.07. The number of carbonyl (C=O) groups excluding carboxylic acids is 2. The molecule has 0 saturated carbocycles. The molecule has 2 aromatic heterocycles. The number of aromatic nitrogens is 4. The predicted octanol–water partition coefficient (Wildman–Crippen LogP) is 2.12. The van der Waals surface area contributed by atoms with Crippen molar-refractivity contribution in [1.29, 1.82) is 0 Å². The Bertz CT molecular complexity index is 945. The van der Waals surface area contributed by atoms with Gasteiger partial charge in [-0.15, -0.1) is 0 Å². The van der Waals surface area contributed by atoms with Gasteiger partial charge in [0.25, 0.3) is 5.78 Å². The van der Waals surface area contributed by atoms with Crippen molar-refractivity contribution in [2.45, 2.75) is 27.2 Å². The van der Waals surface area contributed by atoms with Gasteiger partial charge in [-0.2, -0.15) is 10.1 Å². The van der Waals surface area contributed by atoms with E-state index < -0.39 is 0 Å². The normalized spacial score (nSPS) is 10.8. The smallest absolute Gasteiger partial charge is 0.252 e. The van der Waals surface area contributed by atoms with Gasteiger partial charge >= 0.3 is 0 Å². The van der Waals surface area contributed by atoms with Crippen LogP contribution in [0.25, 0.3) is 5.78 Å². The van der Waals surface area contributed by atoms with E-state index in [-0.39, 0.29) is 18.1 Å². The molecule has 1 amide bonds. The lowest BCUT2D eigenvalue weighted by molar-refractivity contribution is -0.115. The van der Waals surface area contributed by atoms with Crippen molar-refractivity contribution >= 4 is 23.2 Å². The summed E-state index contributed by atoms with van der Waals surface area (Å²) in [5.41, 5.74) is 3.56. The number of Topliss-reactive ketones (excluding diaryl/α,β-unsaturated/α-hetero) is 1. The monoisotopic (exact) mass is 323 g/mol. The van der Waals surface area contributed by atoms with Gasteiger partial charge in [-0.05, 0) is 32.9 Å². The van der Waals surface area contributed by atoms with Crippen molar-refractivity contribution in [2.24, 2.45) is 0 Å². The number of hydrogen-bond acceptors (Lipinski definition) is 5. The average molecular weight is 323 g/mol. The molecule has 24 heavy (non-hydrogen) atoms. The molecule has 0 saturated heterocycles. The lowest BCUT2D eigenvalue weighted by atomic mass is 10.1. The van der Waals surface area contributed by atoms with Crippen LogP contribution in [-0.4, -0.2) is 31.3 Å². The van der Waals surface area contributed by atoms with Crippen LogP contribution in [0.3, 0.4) is 0 Å². The first-order valence-corrected chi connectivity index (χ1v) is 7.52. The van der Waals surface area contributed by atoms with E-state index in [9.17, 15) is 9.59 Å².